The summed E-state index contributed by atoms with van der Waals surface area (Å²) in [6, 6.07) is 0.157. The zero-order chi connectivity index (χ0) is 27.0. The first-order valence-electron chi connectivity index (χ1n) is 13.6. The fourth-order valence-electron chi connectivity index (χ4n) is 5.44. The second-order valence-electron chi connectivity index (χ2n) is 10.8. The van der Waals surface area contributed by atoms with Gasteiger partial charge in [-0.05, 0) is 82.3 Å². The van der Waals surface area contributed by atoms with E-state index in [9.17, 15) is 9.59 Å². The summed E-state index contributed by atoms with van der Waals surface area (Å²) in [5, 5.41) is 15.7. The van der Waals surface area contributed by atoms with E-state index in [-0.39, 0.29) is 23.7 Å². The van der Waals surface area contributed by atoms with Crippen molar-refractivity contribution in [2.45, 2.75) is 84.3 Å². The van der Waals surface area contributed by atoms with Crippen molar-refractivity contribution in [2.24, 2.45) is 11.8 Å². The number of thioether (sulfide) groups is 1. The maximum absolute atomic E-state index is 13.1. The van der Waals surface area contributed by atoms with Gasteiger partial charge in [0.2, 0.25) is 5.91 Å². The van der Waals surface area contributed by atoms with Crippen LogP contribution in [0.25, 0.3) is 11.4 Å². The Morgan fingerprint density at radius 2 is 1.84 bits per heavy atom. The summed E-state index contributed by atoms with van der Waals surface area (Å²) in [4.78, 5) is 28.6. The lowest BCUT2D eigenvalue weighted by Gasteiger charge is -2.19. The molecule has 3 aromatic heterocycles. The number of nitrogens with one attached hydrogen (secondary N) is 1. The number of rotatable bonds is 8. The Kier molecular flexibility index (Phi) is 8.30. The van der Waals surface area contributed by atoms with Crippen molar-refractivity contribution in [2.75, 3.05) is 17.7 Å². The van der Waals surface area contributed by atoms with Crippen molar-refractivity contribution in [3.05, 3.63) is 31.8 Å². The lowest BCUT2D eigenvalue weighted by molar-refractivity contribution is -0.113. The Balaban J connectivity index is 1.33. The third-order valence-electron chi connectivity index (χ3n) is 7.40. The normalized spacial score (nSPS) is 18.8. The van der Waals surface area contributed by atoms with E-state index >= 15 is 0 Å². The number of amides is 1. The van der Waals surface area contributed by atoms with Crippen LogP contribution < -0.4 is 5.32 Å². The van der Waals surface area contributed by atoms with Crippen molar-refractivity contribution < 1.29 is 14.3 Å². The quantitative estimate of drug-likeness (QED) is 0.236. The molecule has 5 rings (SSSR count). The summed E-state index contributed by atoms with van der Waals surface area (Å²) < 4.78 is 7.49. The number of ether oxygens (including phenoxy) is 1. The van der Waals surface area contributed by atoms with Crippen molar-refractivity contribution in [3.8, 4) is 11.4 Å². The van der Waals surface area contributed by atoms with Crippen LogP contribution in [0.1, 0.15) is 84.7 Å². The minimum Gasteiger partial charge on any atom is -0.462 e. The second kappa shape index (κ2) is 11.5. The maximum Gasteiger partial charge on any atom is 0.341 e. The zero-order valence-electron chi connectivity index (χ0n) is 22.8. The minimum absolute atomic E-state index is 0.157. The lowest BCUT2D eigenvalue weighted by Crippen LogP contribution is -2.18. The van der Waals surface area contributed by atoms with Crippen LogP contribution in [0.5, 0.6) is 0 Å². The van der Waals surface area contributed by atoms with Gasteiger partial charge in [0.1, 0.15) is 5.00 Å². The van der Waals surface area contributed by atoms with E-state index in [1.54, 1.807) is 6.92 Å². The molecule has 2 atom stereocenters. The number of nitrogens with zero attached hydrogens (tertiary/aromatic N) is 3. The van der Waals surface area contributed by atoms with E-state index in [2.05, 4.69) is 53.2 Å². The van der Waals surface area contributed by atoms with E-state index in [1.807, 2.05) is 11.3 Å². The van der Waals surface area contributed by atoms with E-state index in [0.717, 1.165) is 54.6 Å². The molecule has 0 aliphatic heterocycles. The molecule has 3 heterocycles. The fourth-order valence-corrected chi connectivity index (χ4v) is 8.97. The van der Waals surface area contributed by atoms with Crippen molar-refractivity contribution in [3.63, 3.8) is 0 Å². The Labute approximate surface area is 236 Å². The molecule has 2 aliphatic carbocycles. The summed E-state index contributed by atoms with van der Waals surface area (Å²) in [5.74, 6) is 1.87. The molecule has 0 spiro atoms. The van der Waals surface area contributed by atoms with Gasteiger partial charge in [-0.3, -0.25) is 9.36 Å². The highest BCUT2D eigenvalue weighted by molar-refractivity contribution is 7.99. The molecular formula is C28H36N4O3S3. The highest BCUT2D eigenvalue weighted by atomic mass is 32.2. The summed E-state index contributed by atoms with van der Waals surface area (Å²) in [5.41, 5.74) is 4.19. The number of hydrogen-bond acceptors (Lipinski definition) is 8. The molecule has 0 radical (unpaired) electrons. The van der Waals surface area contributed by atoms with Gasteiger partial charge in [-0.15, -0.1) is 32.9 Å². The topological polar surface area (TPSA) is 86.1 Å². The Morgan fingerprint density at radius 3 is 2.55 bits per heavy atom. The third-order valence-corrected chi connectivity index (χ3v) is 10.6. The molecule has 10 heteroatoms. The van der Waals surface area contributed by atoms with Crippen molar-refractivity contribution in [1.82, 2.24) is 14.8 Å². The highest BCUT2D eigenvalue weighted by Gasteiger charge is 2.30. The summed E-state index contributed by atoms with van der Waals surface area (Å²) in [6.45, 7) is 10.9. The number of fused-ring (bicyclic) bond motifs is 2. The van der Waals surface area contributed by atoms with E-state index in [1.165, 1.54) is 50.4 Å². The van der Waals surface area contributed by atoms with E-state index < -0.39 is 0 Å². The van der Waals surface area contributed by atoms with E-state index in [0.29, 0.717) is 23.1 Å². The molecular weight excluding hydrogens is 537 g/mol. The Morgan fingerprint density at radius 1 is 1.13 bits per heavy atom. The van der Waals surface area contributed by atoms with Crippen LogP contribution >= 0.6 is 34.4 Å². The summed E-state index contributed by atoms with van der Waals surface area (Å²) in [7, 11) is 0. The Hall–Kier alpha value is -2.17. The van der Waals surface area contributed by atoms with Crippen LogP contribution in [-0.2, 0) is 35.2 Å². The van der Waals surface area contributed by atoms with Crippen LogP contribution in [0.15, 0.2) is 10.5 Å². The number of carbonyl (C=O) groups is 2. The first-order chi connectivity index (χ1) is 18.3. The van der Waals surface area contributed by atoms with Crippen molar-refractivity contribution in [1.29, 1.82) is 0 Å². The maximum atomic E-state index is 13.1. The summed E-state index contributed by atoms with van der Waals surface area (Å²) in [6.07, 6.45) is 6.24. The molecule has 204 valence electrons. The fraction of sp³-hybridized carbons (Fsp3) is 0.571. The predicted octanol–water partition coefficient (Wildman–Crippen LogP) is 6.81. The van der Waals surface area contributed by atoms with Gasteiger partial charge in [-0.2, -0.15) is 0 Å². The first-order valence-corrected chi connectivity index (χ1v) is 16.2. The number of anilines is 1. The highest BCUT2D eigenvalue weighted by Crippen LogP contribution is 2.41. The van der Waals surface area contributed by atoms with Gasteiger partial charge >= 0.3 is 5.97 Å². The molecule has 2 unspecified atom stereocenters. The van der Waals surface area contributed by atoms with Gasteiger partial charge in [0.05, 0.1) is 17.9 Å². The summed E-state index contributed by atoms with van der Waals surface area (Å²) >= 11 is 4.74. The first kappa shape index (κ1) is 27.4. The SMILES string of the molecule is CCOC(=O)c1c(NC(=O)CSc2nnc(-c3csc4c3CCC(C)C4)n2C(C)C)sc2c1CCC(C)C2. The minimum atomic E-state index is -0.347. The predicted molar refractivity (Wildman–Crippen MR) is 156 cm³/mol. The molecule has 0 fully saturated rings. The van der Waals surface area contributed by atoms with Crippen LogP contribution in [0.3, 0.4) is 0 Å². The monoisotopic (exact) mass is 572 g/mol. The average molecular weight is 573 g/mol. The van der Waals surface area contributed by atoms with Gasteiger partial charge in [0, 0.05) is 26.7 Å². The molecule has 1 amide bonds. The standard InChI is InChI=1S/C28H36N4O3S3/c1-6-35-27(34)24-19-10-8-17(5)12-22(19)38-26(24)29-23(33)14-37-28-31-30-25(32(28)15(2)3)20-13-36-21-11-16(4)7-9-18(20)21/h13,15-17H,6-12,14H2,1-5H3,(H,29,33). The smallest absolute Gasteiger partial charge is 0.341 e. The molecule has 0 saturated heterocycles. The second-order valence-corrected chi connectivity index (χ2v) is 13.8. The number of aromatic nitrogens is 3. The number of esters is 1. The van der Waals surface area contributed by atoms with Gasteiger partial charge in [-0.1, -0.05) is 25.6 Å². The molecule has 7 nitrogen and oxygen atoms in total. The number of thiophene rings is 2. The van der Waals surface area contributed by atoms with Crippen LogP contribution in [-0.4, -0.2) is 39.0 Å². The molecule has 2 aliphatic rings. The molecule has 0 bridgehead atoms. The molecule has 3 aromatic rings. The van der Waals surface area contributed by atoms with E-state index in [4.69, 9.17) is 4.74 Å². The largest absolute Gasteiger partial charge is 0.462 e. The number of carbonyl (C=O) groups excluding carboxylic acids is 2. The van der Waals surface area contributed by atoms with Crippen LogP contribution in [0.2, 0.25) is 0 Å². The lowest BCUT2D eigenvalue weighted by atomic mass is 9.88. The molecule has 1 N–H and O–H groups in total. The van der Waals surface area contributed by atoms with Gasteiger partial charge in [0.15, 0.2) is 11.0 Å². The van der Waals surface area contributed by atoms with Gasteiger partial charge in [0.25, 0.3) is 0 Å². The van der Waals surface area contributed by atoms with Crippen LogP contribution in [0.4, 0.5) is 5.00 Å². The Bertz CT molecular complexity index is 1340. The zero-order valence-corrected chi connectivity index (χ0v) is 25.2. The van der Waals surface area contributed by atoms with Gasteiger partial charge < -0.3 is 10.1 Å². The van der Waals surface area contributed by atoms with Gasteiger partial charge in [-0.25, -0.2) is 4.79 Å². The molecule has 0 saturated carbocycles. The number of hydrogen-bond donors (Lipinski definition) is 1. The average Bonchev–Trinajstić information content (AvgIpc) is 3.56. The third kappa shape index (κ3) is 5.45. The van der Waals surface area contributed by atoms with Crippen molar-refractivity contribution >= 4 is 51.3 Å². The molecule has 0 aromatic carbocycles. The van der Waals surface area contributed by atoms with Crippen LogP contribution in [0, 0.1) is 11.8 Å². The molecule has 38 heavy (non-hydrogen) atoms.